The zero-order chi connectivity index (χ0) is 12.4. The first-order chi connectivity index (χ1) is 8.06. The van der Waals surface area contributed by atoms with Crippen molar-refractivity contribution >= 4 is 23.2 Å². The maximum Gasteiger partial charge on any atom is 0.295 e. The van der Waals surface area contributed by atoms with Gasteiger partial charge in [0.05, 0.1) is 11.4 Å². The molecule has 17 heavy (non-hydrogen) atoms. The van der Waals surface area contributed by atoms with Crippen LogP contribution in [-0.4, -0.2) is 26.1 Å². The standard InChI is InChI=1S/C10H10ClN5O/c1-5-7(3-4-8(11)12-5)14-10(17)9-13-6(2)15-16-9/h3-4H,1-2H3,(H,14,17)(H,13,15,16). The summed E-state index contributed by atoms with van der Waals surface area (Å²) in [6.45, 7) is 3.48. The van der Waals surface area contributed by atoms with Gasteiger partial charge in [-0.3, -0.25) is 9.89 Å². The van der Waals surface area contributed by atoms with Gasteiger partial charge < -0.3 is 5.32 Å². The van der Waals surface area contributed by atoms with E-state index in [9.17, 15) is 4.79 Å². The van der Waals surface area contributed by atoms with Crippen LogP contribution in [0, 0.1) is 13.8 Å². The summed E-state index contributed by atoms with van der Waals surface area (Å²) in [5.41, 5.74) is 1.22. The predicted octanol–water partition coefficient (Wildman–Crippen LogP) is 1.72. The summed E-state index contributed by atoms with van der Waals surface area (Å²) >= 11 is 5.72. The van der Waals surface area contributed by atoms with Crippen molar-refractivity contribution in [2.24, 2.45) is 0 Å². The lowest BCUT2D eigenvalue weighted by molar-refractivity contribution is 0.101. The predicted molar refractivity (Wildman–Crippen MR) is 63.1 cm³/mol. The highest BCUT2D eigenvalue weighted by atomic mass is 35.5. The molecule has 2 rings (SSSR count). The average molecular weight is 252 g/mol. The van der Waals surface area contributed by atoms with E-state index in [-0.39, 0.29) is 11.7 Å². The van der Waals surface area contributed by atoms with Crippen molar-refractivity contribution in [2.45, 2.75) is 13.8 Å². The highest BCUT2D eigenvalue weighted by Crippen LogP contribution is 2.16. The van der Waals surface area contributed by atoms with Gasteiger partial charge in [0.1, 0.15) is 11.0 Å². The van der Waals surface area contributed by atoms with E-state index in [1.807, 2.05) is 0 Å². The summed E-state index contributed by atoms with van der Waals surface area (Å²) in [6, 6.07) is 3.29. The maximum atomic E-state index is 11.7. The van der Waals surface area contributed by atoms with E-state index in [1.54, 1.807) is 26.0 Å². The van der Waals surface area contributed by atoms with E-state index in [4.69, 9.17) is 11.6 Å². The molecule has 1 amide bonds. The molecular formula is C10H10ClN5O. The van der Waals surface area contributed by atoms with Crippen LogP contribution in [0.3, 0.4) is 0 Å². The molecule has 2 aromatic heterocycles. The summed E-state index contributed by atoms with van der Waals surface area (Å²) in [6.07, 6.45) is 0. The molecule has 0 bridgehead atoms. The number of nitrogens with one attached hydrogen (secondary N) is 2. The fraction of sp³-hybridized carbons (Fsp3) is 0.200. The second kappa shape index (κ2) is 4.50. The second-order valence-corrected chi connectivity index (χ2v) is 3.85. The zero-order valence-electron chi connectivity index (χ0n) is 9.28. The van der Waals surface area contributed by atoms with Gasteiger partial charge in [0.15, 0.2) is 0 Å². The van der Waals surface area contributed by atoms with Crippen molar-refractivity contribution < 1.29 is 4.79 Å². The summed E-state index contributed by atoms with van der Waals surface area (Å²) in [5.74, 6) is 0.291. The molecule has 0 aliphatic carbocycles. The smallest absolute Gasteiger partial charge is 0.295 e. The number of nitrogens with zero attached hydrogens (tertiary/aromatic N) is 3. The second-order valence-electron chi connectivity index (χ2n) is 3.47. The lowest BCUT2D eigenvalue weighted by atomic mass is 10.3. The number of hydrogen-bond donors (Lipinski definition) is 2. The third kappa shape index (κ3) is 2.59. The Morgan fingerprint density at radius 1 is 1.35 bits per heavy atom. The van der Waals surface area contributed by atoms with Gasteiger partial charge in [-0.15, -0.1) is 5.10 Å². The molecule has 0 saturated heterocycles. The number of rotatable bonds is 2. The summed E-state index contributed by atoms with van der Waals surface area (Å²) in [7, 11) is 0. The van der Waals surface area contributed by atoms with Crippen molar-refractivity contribution in [3.05, 3.63) is 34.6 Å². The molecule has 0 radical (unpaired) electrons. The molecular weight excluding hydrogens is 242 g/mol. The SMILES string of the molecule is Cc1nc(C(=O)Nc2ccc(Cl)nc2C)n[nH]1. The van der Waals surface area contributed by atoms with Crippen LogP contribution in [0.4, 0.5) is 5.69 Å². The van der Waals surface area contributed by atoms with Crippen LogP contribution in [0.5, 0.6) is 0 Å². The van der Waals surface area contributed by atoms with Crippen LogP contribution in [0.25, 0.3) is 0 Å². The first-order valence-electron chi connectivity index (χ1n) is 4.90. The van der Waals surface area contributed by atoms with E-state index in [2.05, 4.69) is 25.5 Å². The minimum Gasteiger partial charge on any atom is -0.318 e. The third-order valence-corrected chi connectivity index (χ3v) is 2.31. The Kier molecular flexibility index (Phi) is 3.06. The molecule has 0 fully saturated rings. The Bertz CT molecular complexity index is 566. The first kappa shape index (κ1) is 11.5. The largest absolute Gasteiger partial charge is 0.318 e. The highest BCUT2D eigenvalue weighted by Gasteiger charge is 2.12. The monoisotopic (exact) mass is 251 g/mol. The fourth-order valence-electron chi connectivity index (χ4n) is 1.28. The molecule has 7 heteroatoms. The molecule has 0 aliphatic rings. The Labute approximate surface area is 102 Å². The number of carbonyl (C=O) groups is 1. The van der Waals surface area contributed by atoms with Crippen molar-refractivity contribution in [3.63, 3.8) is 0 Å². The minimum absolute atomic E-state index is 0.0943. The maximum absolute atomic E-state index is 11.7. The fourth-order valence-corrected chi connectivity index (χ4v) is 1.47. The van der Waals surface area contributed by atoms with E-state index in [0.717, 1.165) is 0 Å². The number of H-pyrrole nitrogens is 1. The van der Waals surface area contributed by atoms with Gasteiger partial charge in [-0.25, -0.2) is 9.97 Å². The van der Waals surface area contributed by atoms with Crippen LogP contribution in [-0.2, 0) is 0 Å². The number of aromatic amines is 1. The number of anilines is 1. The van der Waals surface area contributed by atoms with Gasteiger partial charge in [0.25, 0.3) is 5.91 Å². The Balaban J connectivity index is 2.18. The van der Waals surface area contributed by atoms with Gasteiger partial charge in [0, 0.05) is 0 Å². The van der Waals surface area contributed by atoms with E-state index < -0.39 is 0 Å². The van der Waals surface area contributed by atoms with Gasteiger partial charge in [-0.05, 0) is 26.0 Å². The van der Waals surface area contributed by atoms with Crippen LogP contribution in [0.2, 0.25) is 5.15 Å². The van der Waals surface area contributed by atoms with Gasteiger partial charge >= 0.3 is 0 Å². The Hall–Kier alpha value is -1.95. The number of aryl methyl sites for hydroxylation is 2. The number of aromatic nitrogens is 4. The quantitative estimate of drug-likeness (QED) is 0.796. The summed E-state index contributed by atoms with van der Waals surface area (Å²) < 4.78 is 0. The summed E-state index contributed by atoms with van der Waals surface area (Å²) in [5, 5.41) is 9.41. The van der Waals surface area contributed by atoms with E-state index in [1.165, 1.54) is 0 Å². The molecule has 88 valence electrons. The molecule has 0 spiro atoms. The topological polar surface area (TPSA) is 83.6 Å². The normalized spacial score (nSPS) is 10.3. The number of carbonyl (C=O) groups excluding carboxylic acids is 1. The van der Waals surface area contributed by atoms with Gasteiger partial charge in [0.2, 0.25) is 5.82 Å². The molecule has 2 N–H and O–H groups in total. The minimum atomic E-state index is -0.387. The Morgan fingerprint density at radius 2 is 2.12 bits per heavy atom. The number of amides is 1. The molecule has 0 aromatic carbocycles. The summed E-state index contributed by atoms with van der Waals surface area (Å²) in [4.78, 5) is 19.7. The molecule has 6 nitrogen and oxygen atoms in total. The van der Waals surface area contributed by atoms with Crippen LogP contribution in [0.1, 0.15) is 22.1 Å². The van der Waals surface area contributed by atoms with Crippen molar-refractivity contribution in [1.29, 1.82) is 0 Å². The van der Waals surface area contributed by atoms with Crippen LogP contribution in [0.15, 0.2) is 12.1 Å². The lowest BCUT2D eigenvalue weighted by Gasteiger charge is -2.05. The number of hydrogen-bond acceptors (Lipinski definition) is 4. The zero-order valence-corrected chi connectivity index (χ0v) is 10.0. The Morgan fingerprint density at radius 3 is 2.71 bits per heavy atom. The average Bonchev–Trinajstić information content (AvgIpc) is 2.69. The molecule has 2 aromatic rings. The van der Waals surface area contributed by atoms with Crippen molar-refractivity contribution in [3.8, 4) is 0 Å². The van der Waals surface area contributed by atoms with Crippen LogP contribution >= 0.6 is 11.6 Å². The van der Waals surface area contributed by atoms with Crippen molar-refractivity contribution in [1.82, 2.24) is 20.2 Å². The van der Waals surface area contributed by atoms with E-state index in [0.29, 0.717) is 22.4 Å². The first-order valence-corrected chi connectivity index (χ1v) is 5.27. The third-order valence-electron chi connectivity index (χ3n) is 2.10. The highest BCUT2D eigenvalue weighted by molar-refractivity contribution is 6.29. The molecule has 0 unspecified atom stereocenters. The molecule has 0 atom stereocenters. The molecule has 0 aliphatic heterocycles. The number of pyridine rings is 1. The van der Waals surface area contributed by atoms with Crippen molar-refractivity contribution in [2.75, 3.05) is 5.32 Å². The number of halogens is 1. The lowest BCUT2D eigenvalue weighted by Crippen LogP contribution is -2.15. The molecule has 0 saturated carbocycles. The van der Waals surface area contributed by atoms with E-state index >= 15 is 0 Å². The molecule has 2 heterocycles. The van der Waals surface area contributed by atoms with Crippen LogP contribution < -0.4 is 5.32 Å². The van der Waals surface area contributed by atoms with Gasteiger partial charge in [-0.1, -0.05) is 11.6 Å². The van der Waals surface area contributed by atoms with Gasteiger partial charge in [-0.2, -0.15) is 0 Å².